The smallest absolute Gasteiger partial charge is 0.416 e. The van der Waals surface area contributed by atoms with Gasteiger partial charge in [-0.15, -0.1) is 0 Å². The van der Waals surface area contributed by atoms with Crippen molar-refractivity contribution in [3.8, 4) is 5.75 Å². The average Bonchev–Trinajstić information content (AvgIpc) is 3.21. The maximum absolute atomic E-state index is 13.1. The number of fused-ring (bicyclic) bond motifs is 1. The lowest BCUT2D eigenvalue weighted by Gasteiger charge is -2.41. The van der Waals surface area contributed by atoms with Gasteiger partial charge in [-0.3, -0.25) is 4.90 Å². The van der Waals surface area contributed by atoms with Gasteiger partial charge in [-0.25, -0.2) is 9.78 Å². The van der Waals surface area contributed by atoms with E-state index in [4.69, 9.17) is 14.6 Å². The molecule has 0 saturated carbocycles. The summed E-state index contributed by atoms with van der Waals surface area (Å²) >= 11 is 1.25. The molecule has 0 spiro atoms. The largest absolute Gasteiger partial charge is 0.482 e. The number of benzene rings is 2. The van der Waals surface area contributed by atoms with Gasteiger partial charge in [0, 0.05) is 33.3 Å². The molecule has 3 aromatic rings. The number of hydrogen-bond donors (Lipinski definition) is 1. The van der Waals surface area contributed by atoms with Crippen molar-refractivity contribution in [1.82, 2.24) is 9.88 Å². The Morgan fingerprint density at radius 1 is 1.24 bits per heavy atom. The molecule has 1 aliphatic heterocycles. The van der Waals surface area contributed by atoms with E-state index < -0.39 is 24.3 Å². The molecule has 34 heavy (non-hydrogen) atoms. The van der Waals surface area contributed by atoms with Gasteiger partial charge in [0.25, 0.3) is 0 Å². The van der Waals surface area contributed by atoms with Crippen LogP contribution in [0.2, 0.25) is 0 Å². The molecule has 1 aromatic heterocycles. The van der Waals surface area contributed by atoms with Crippen LogP contribution in [-0.2, 0) is 22.3 Å². The number of halogens is 3. The van der Waals surface area contributed by atoms with E-state index in [9.17, 15) is 18.0 Å². The Kier molecular flexibility index (Phi) is 7.24. The molecule has 4 rings (SSSR count). The number of alkyl halides is 3. The maximum Gasteiger partial charge on any atom is 0.416 e. The molecule has 2 heterocycles. The highest BCUT2D eigenvalue weighted by molar-refractivity contribution is 7.22. The molecule has 0 bridgehead atoms. The normalized spacial score (nSPS) is 17.3. The Labute approximate surface area is 198 Å². The summed E-state index contributed by atoms with van der Waals surface area (Å²) in [6.07, 6.45) is -4.39. The van der Waals surface area contributed by atoms with E-state index in [0.717, 1.165) is 24.2 Å². The molecule has 182 valence electrons. The molecule has 2 aromatic carbocycles. The van der Waals surface area contributed by atoms with E-state index in [2.05, 4.69) is 14.8 Å². The van der Waals surface area contributed by atoms with E-state index in [1.807, 2.05) is 18.2 Å². The van der Waals surface area contributed by atoms with E-state index >= 15 is 0 Å². The van der Waals surface area contributed by atoms with Crippen molar-refractivity contribution in [3.63, 3.8) is 0 Å². The number of carboxylic acid groups (broad SMARTS) is 1. The molecular weight excluding hydrogens is 471 g/mol. The van der Waals surface area contributed by atoms with Crippen molar-refractivity contribution in [2.45, 2.75) is 18.8 Å². The number of aliphatic carboxylic acids is 1. The molecule has 0 radical (unpaired) electrons. The quantitative estimate of drug-likeness (QED) is 0.504. The van der Waals surface area contributed by atoms with Gasteiger partial charge in [-0.2, -0.15) is 13.2 Å². The van der Waals surface area contributed by atoms with Crippen LogP contribution >= 0.6 is 11.3 Å². The van der Waals surface area contributed by atoms with Crippen LogP contribution in [0.25, 0.3) is 10.2 Å². The molecule has 7 nitrogen and oxygen atoms in total. The van der Waals surface area contributed by atoms with Crippen molar-refractivity contribution in [3.05, 3.63) is 53.6 Å². The third kappa shape index (κ3) is 5.78. The molecule has 11 heteroatoms. The zero-order valence-electron chi connectivity index (χ0n) is 18.4. The van der Waals surface area contributed by atoms with Crippen LogP contribution in [0.15, 0.2) is 42.5 Å². The monoisotopic (exact) mass is 495 g/mol. The topological polar surface area (TPSA) is 75.1 Å². The first kappa shape index (κ1) is 24.2. The Morgan fingerprint density at radius 3 is 2.79 bits per heavy atom. The summed E-state index contributed by atoms with van der Waals surface area (Å²) in [6, 6.07) is 10.9. The second kappa shape index (κ2) is 10.2. The number of rotatable bonds is 8. The minimum absolute atomic E-state index is 0.0205. The number of thiazole rings is 1. The van der Waals surface area contributed by atoms with Gasteiger partial charge in [0.1, 0.15) is 5.75 Å². The zero-order chi connectivity index (χ0) is 24.3. The molecule has 1 fully saturated rings. The lowest BCUT2D eigenvalue weighted by atomic mass is 10.1. The molecule has 0 amide bonds. The van der Waals surface area contributed by atoms with Crippen LogP contribution in [0.4, 0.5) is 18.3 Å². The Bertz CT molecular complexity index is 1150. The molecule has 1 N–H and O–H groups in total. The first-order valence-corrected chi connectivity index (χ1v) is 11.4. The van der Waals surface area contributed by atoms with Crippen molar-refractivity contribution < 1.29 is 32.5 Å². The number of hydrogen-bond acceptors (Lipinski definition) is 7. The highest BCUT2D eigenvalue weighted by Crippen LogP contribution is 2.36. The lowest BCUT2D eigenvalue weighted by molar-refractivity contribution is -0.139. The standard InChI is InChI=1S/C23H24F3N3O4S/c1-32-13-17-12-28(11-15-3-2-4-18(9-15)33-14-21(30)31)7-8-29(17)22-27-19-6-5-16(23(24,25)26)10-20(19)34-22/h2-6,9-10,17H,7-8,11-14H2,1H3,(H,30,31)/t17-/m0/s1. The number of carbonyl (C=O) groups is 1. The Hall–Kier alpha value is -2.89. The van der Waals surface area contributed by atoms with Crippen LogP contribution in [-0.4, -0.2) is 67.0 Å². The SMILES string of the molecule is COC[C@@H]1CN(Cc2cccc(OCC(=O)O)c2)CCN1c1nc2ccc(C(F)(F)F)cc2s1. The van der Waals surface area contributed by atoms with Crippen molar-refractivity contribution in [1.29, 1.82) is 0 Å². The van der Waals surface area contributed by atoms with Gasteiger partial charge in [0.05, 0.1) is 28.4 Å². The Morgan fingerprint density at radius 2 is 2.06 bits per heavy atom. The minimum atomic E-state index is -4.39. The fourth-order valence-corrected chi connectivity index (χ4v) is 5.10. The number of nitrogens with zero attached hydrogens (tertiary/aromatic N) is 3. The first-order chi connectivity index (χ1) is 16.2. The van der Waals surface area contributed by atoms with Crippen LogP contribution < -0.4 is 9.64 Å². The van der Waals surface area contributed by atoms with E-state index in [0.29, 0.717) is 47.3 Å². The number of anilines is 1. The van der Waals surface area contributed by atoms with Gasteiger partial charge >= 0.3 is 12.1 Å². The minimum Gasteiger partial charge on any atom is -0.482 e. The van der Waals surface area contributed by atoms with Crippen LogP contribution in [0, 0.1) is 0 Å². The van der Waals surface area contributed by atoms with Gasteiger partial charge in [-0.1, -0.05) is 23.5 Å². The molecule has 1 saturated heterocycles. The summed E-state index contributed by atoms with van der Waals surface area (Å²) in [4.78, 5) is 19.7. The summed E-state index contributed by atoms with van der Waals surface area (Å²) in [5.74, 6) is -0.534. The third-order valence-corrected chi connectivity index (χ3v) is 6.60. The molecular formula is C23H24F3N3O4S. The van der Waals surface area contributed by atoms with Crippen LogP contribution in [0.1, 0.15) is 11.1 Å². The number of aromatic nitrogens is 1. The fraction of sp³-hybridized carbons (Fsp3) is 0.391. The second-order valence-corrected chi connectivity index (χ2v) is 9.05. The average molecular weight is 496 g/mol. The van der Waals surface area contributed by atoms with Crippen LogP contribution in [0.3, 0.4) is 0 Å². The highest BCUT2D eigenvalue weighted by Gasteiger charge is 2.32. The van der Waals surface area contributed by atoms with Crippen molar-refractivity contribution >= 4 is 32.7 Å². The van der Waals surface area contributed by atoms with Crippen LogP contribution in [0.5, 0.6) is 5.75 Å². The van der Waals surface area contributed by atoms with E-state index in [1.165, 1.54) is 17.4 Å². The summed E-state index contributed by atoms with van der Waals surface area (Å²) in [6.45, 7) is 2.75. The lowest BCUT2D eigenvalue weighted by Crippen LogP contribution is -2.54. The van der Waals surface area contributed by atoms with Gasteiger partial charge < -0.3 is 19.5 Å². The second-order valence-electron chi connectivity index (χ2n) is 8.04. The summed E-state index contributed by atoms with van der Waals surface area (Å²) in [5, 5.41) is 9.48. The number of methoxy groups -OCH3 is 1. The van der Waals surface area contributed by atoms with Crippen molar-refractivity contribution in [2.24, 2.45) is 0 Å². The van der Waals surface area contributed by atoms with E-state index in [1.54, 1.807) is 13.2 Å². The van der Waals surface area contributed by atoms with Gasteiger partial charge in [0.15, 0.2) is 11.7 Å². The predicted molar refractivity (Wildman–Crippen MR) is 122 cm³/mol. The number of piperazine rings is 1. The van der Waals surface area contributed by atoms with Gasteiger partial charge in [-0.05, 0) is 35.9 Å². The first-order valence-electron chi connectivity index (χ1n) is 10.6. The molecule has 1 aliphatic rings. The van der Waals surface area contributed by atoms with Gasteiger partial charge in [0.2, 0.25) is 0 Å². The number of ether oxygens (including phenoxy) is 2. The Balaban J connectivity index is 1.47. The third-order valence-electron chi connectivity index (χ3n) is 5.54. The predicted octanol–water partition coefficient (Wildman–Crippen LogP) is 4.12. The summed E-state index contributed by atoms with van der Waals surface area (Å²) in [5.41, 5.74) is 0.861. The maximum atomic E-state index is 13.1. The molecule has 0 unspecified atom stereocenters. The number of carboxylic acids is 1. The summed E-state index contributed by atoms with van der Waals surface area (Å²) in [7, 11) is 1.62. The van der Waals surface area contributed by atoms with Crippen molar-refractivity contribution in [2.75, 3.05) is 44.9 Å². The molecule has 0 aliphatic carbocycles. The summed E-state index contributed by atoms with van der Waals surface area (Å²) < 4.78 is 50.4. The van der Waals surface area contributed by atoms with E-state index in [-0.39, 0.29) is 6.04 Å². The fourth-order valence-electron chi connectivity index (χ4n) is 4.00. The molecule has 1 atom stereocenters. The zero-order valence-corrected chi connectivity index (χ0v) is 19.2. The highest BCUT2D eigenvalue weighted by atomic mass is 32.1.